The first-order valence-electron chi connectivity index (χ1n) is 20.6. The first-order valence-corrected chi connectivity index (χ1v) is 20.6. The molecule has 4 rings (SSSR count). The normalized spacial score (nSPS) is 33.0. The van der Waals surface area contributed by atoms with Gasteiger partial charge in [-0.05, 0) is 142 Å². The summed E-state index contributed by atoms with van der Waals surface area (Å²) in [5.74, 6) is 5.97. The number of amides is 1. The van der Waals surface area contributed by atoms with Gasteiger partial charge >= 0.3 is 6.09 Å². The molecule has 2 unspecified atom stereocenters. The highest BCUT2D eigenvalue weighted by molar-refractivity contribution is 5.67. The first-order chi connectivity index (χ1) is 22.6. The first kappa shape index (κ1) is 38.7. The highest BCUT2D eigenvalue weighted by atomic mass is 16.6. The van der Waals surface area contributed by atoms with Crippen LogP contribution in [0, 0.1) is 52.3 Å². The smallest absolute Gasteiger partial charge is 0.410 e. The third-order valence-corrected chi connectivity index (χ3v) is 14.6. The average Bonchev–Trinajstić information content (AvgIpc) is 3.41. The number of unbranched alkanes of at least 4 members (excludes halogenated alkanes) is 6. The van der Waals surface area contributed by atoms with Crippen molar-refractivity contribution >= 4 is 6.09 Å². The van der Waals surface area contributed by atoms with Gasteiger partial charge in [-0.1, -0.05) is 91.7 Å². The van der Waals surface area contributed by atoms with Crippen LogP contribution >= 0.6 is 0 Å². The fraction of sp³-hybridized carbons (Fsp3) is 0.929. The Morgan fingerprint density at radius 3 is 2.15 bits per heavy atom. The summed E-state index contributed by atoms with van der Waals surface area (Å²) in [5.41, 5.74) is 13.8. The summed E-state index contributed by atoms with van der Waals surface area (Å²) in [7, 11) is 0. The van der Waals surface area contributed by atoms with E-state index in [1.807, 2.05) is 4.90 Å². The molecule has 1 amide bonds. The summed E-state index contributed by atoms with van der Waals surface area (Å²) in [5, 5.41) is 0. The second-order valence-electron chi connectivity index (χ2n) is 17.6. The van der Waals surface area contributed by atoms with Crippen LogP contribution in [0.1, 0.15) is 164 Å². The van der Waals surface area contributed by atoms with Crippen LogP contribution in [0.3, 0.4) is 0 Å². The van der Waals surface area contributed by atoms with Gasteiger partial charge in [0.15, 0.2) is 0 Å². The number of fused-ring (bicyclic) bond motifs is 5. The van der Waals surface area contributed by atoms with Gasteiger partial charge < -0.3 is 21.1 Å². The van der Waals surface area contributed by atoms with E-state index in [0.29, 0.717) is 5.41 Å². The van der Waals surface area contributed by atoms with Crippen LogP contribution in [0.2, 0.25) is 0 Å². The van der Waals surface area contributed by atoms with E-state index < -0.39 is 0 Å². The molecule has 0 spiro atoms. The number of nitrogens with two attached hydrogens (primary N) is 2. The molecule has 4 aliphatic rings. The molecule has 47 heavy (non-hydrogen) atoms. The lowest BCUT2D eigenvalue weighted by atomic mass is 9.47. The number of carbonyl (C=O) groups is 1. The van der Waals surface area contributed by atoms with Crippen molar-refractivity contribution in [3.8, 4) is 0 Å². The second kappa shape index (κ2) is 18.2. The topological polar surface area (TPSA) is 81.6 Å². The summed E-state index contributed by atoms with van der Waals surface area (Å²) in [4.78, 5) is 15.6. The summed E-state index contributed by atoms with van der Waals surface area (Å²) >= 11 is 0. The number of nitrogens with zero attached hydrogens (tertiary/aromatic N) is 1. The molecule has 272 valence electrons. The Kier molecular flexibility index (Phi) is 15.0. The Labute approximate surface area is 291 Å². The van der Waals surface area contributed by atoms with Crippen molar-refractivity contribution < 1.29 is 9.53 Å². The minimum absolute atomic E-state index is 0.0266. The van der Waals surface area contributed by atoms with E-state index in [0.717, 1.165) is 132 Å². The van der Waals surface area contributed by atoms with E-state index >= 15 is 0 Å². The van der Waals surface area contributed by atoms with Crippen molar-refractivity contribution in [3.05, 3.63) is 11.6 Å². The van der Waals surface area contributed by atoms with Gasteiger partial charge in [0, 0.05) is 19.5 Å². The SMILES string of the molecule is CCC(CCC(C)[C@H]1CC[C@H]2[C@@H]3CC=C4C[C@@H](OC(=O)N(CCCCCCN)CCCCCCN)CC[C@]4(C)[C@H]3CC[C@]12C)C(C)C. The quantitative estimate of drug-likeness (QED) is 0.107. The van der Waals surface area contributed by atoms with Gasteiger partial charge in [0.2, 0.25) is 0 Å². The number of hydrogen-bond acceptors (Lipinski definition) is 4. The van der Waals surface area contributed by atoms with Crippen LogP contribution in [-0.2, 0) is 4.74 Å². The molecule has 0 aromatic rings. The summed E-state index contributed by atoms with van der Waals surface area (Å²) in [6.45, 7) is 18.2. The maximum atomic E-state index is 13.5. The molecule has 0 aromatic heterocycles. The Hall–Kier alpha value is -1.07. The monoisotopic (exact) mass is 656 g/mol. The van der Waals surface area contributed by atoms with Crippen LogP contribution in [0.5, 0.6) is 0 Å². The van der Waals surface area contributed by atoms with Crippen molar-refractivity contribution in [2.75, 3.05) is 26.2 Å². The van der Waals surface area contributed by atoms with Crippen molar-refractivity contribution in [2.45, 2.75) is 170 Å². The minimum atomic E-state index is -0.0799. The summed E-state index contributed by atoms with van der Waals surface area (Å²) in [6.07, 6.45) is 25.6. The van der Waals surface area contributed by atoms with Gasteiger partial charge in [0.1, 0.15) is 6.10 Å². The van der Waals surface area contributed by atoms with E-state index in [4.69, 9.17) is 16.2 Å². The fourth-order valence-corrected chi connectivity index (χ4v) is 11.5. The highest BCUT2D eigenvalue weighted by Crippen LogP contribution is 2.67. The Morgan fingerprint density at radius 1 is 0.872 bits per heavy atom. The van der Waals surface area contributed by atoms with Crippen LogP contribution in [0.25, 0.3) is 0 Å². The van der Waals surface area contributed by atoms with Crippen LogP contribution in [0.4, 0.5) is 4.79 Å². The third kappa shape index (κ3) is 9.39. The van der Waals surface area contributed by atoms with Crippen LogP contribution < -0.4 is 11.5 Å². The molecule has 0 saturated heterocycles. The van der Waals surface area contributed by atoms with Crippen molar-refractivity contribution in [2.24, 2.45) is 63.7 Å². The molecule has 3 saturated carbocycles. The molecule has 3 fully saturated rings. The van der Waals surface area contributed by atoms with E-state index in [9.17, 15) is 4.79 Å². The van der Waals surface area contributed by atoms with Crippen molar-refractivity contribution in [1.82, 2.24) is 4.90 Å². The fourth-order valence-electron chi connectivity index (χ4n) is 11.5. The number of allylic oxidation sites excluding steroid dienone is 1. The predicted molar refractivity (Wildman–Crippen MR) is 199 cm³/mol. The van der Waals surface area contributed by atoms with Gasteiger partial charge in [0.25, 0.3) is 0 Å². The van der Waals surface area contributed by atoms with Crippen LogP contribution in [-0.4, -0.2) is 43.3 Å². The Bertz CT molecular complexity index is 967. The summed E-state index contributed by atoms with van der Waals surface area (Å²) < 4.78 is 6.33. The van der Waals surface area contributed by atoms with Crippen molar-refractivity contribution in [3.63, 3.8) is 0 Å². The molecule has 4 aliphatic carbocycles. The Balaban J connectivity index is 1.34. The second-order valence-corrected chi connectivity index (χ2v) is 17.6. The van der Waals surface area contributed by atoms with E-state index in [1.54, 1.807) is 5.57 Å². The zero-order chi connectivity index (χ0) is 34.0. The van der Waals surface area contributed by atoms with E-state index in [-0.39, 0.29) is 17.6 Å². The minimum Gasteiger partial charge on any atom is -0.446 e. The molecular formula is C42H77N3O2. The number of ether oxygens (including phenoxy) is 1. The maximum Gasteiger partial charge on any atom is 0.410 e. The molecular weight excluding hydrogens is 578 g/mol. The number of hydrogen-bond donors (Lipinski definition) is 2. The molecule has 0 aromatic carbocycles. The van der Waals surface area contributed by atoms with Gasteiger partial charge in [-0.2, -0.15) is 0 Å². The molecule has 0 aliphatic heterocycles. The van der Waals surface area contributed by atoms with Gasteiger partial charge in [-0.15, -0.1) is 0 Å². The number of carbonyl (C=O) groups excluding carboxylic acids is 1. The highest BCUT2D eigenvalue weighted by Gasteiger charge is 2.59. The van der Waals surface area contributed by atoms with Crippen molar-refractivity contribution in [1.29, 1.82) is 0 Å². The zero-order valence-electron chi connectivity index (χ0n) is 31.9. The number of rotatable bonds is 19. The lowest BCUT2D eigenvalue weighted by Gasteiger charge is -2.58. The Morgan fingerprint density at radius 2 is 1.53 bits per heavy atom. The third-order valence-electron chi connectivity index (χ3n) is 14.6. The molecule has 0 heterocycles. The lowest BCUT2D eigenvalue weighted by molar-refractivity contribution is -0.0595. The van der Waals surface area contributed by atoms with Gasteiger partial charge in [-0.25, -0.2) is 4.79 Å². The summed E-state index contributed by atoms with van der Waals surface area (Å²) in [6, 6.07) is 0. The zero-order valence-corrected chi connectivity index (χ0v) is 31.9. The average molecular weight is 656 g/mol. The van der Waals surface area contributed by atoms with Gasteiger partial charge in [0.05, 0.1) is 0 Å². The largest absolute Gasteiger partial charge is 0.446 e. The van der Waals surface area contributed by atoms with E-state index in [2.05, 4.69) is 47.6 Å². The molecule has 0 radical (unpaired) electrons. The maximum absolute atomic E-state index is 13.5. The molecule has 0 bridgehead atoms. The van der Waals surface area contributed by atoms with Gasteiger partial charge in [-0.3, -0.25) is 0 Å². The molecule has 5 nitrogen and oxygen atoms in total. The van der Waals surface area contributed by atoms with E-state index in [1.165, 1.54) is 57.8 Å². The van der Waals surface area contributed by atoms with Crippen LogP contribution in [0.15, 0.2) is 11.6 Å². The standard InChI is InChI=1S/C42H77N3O2/c1-7-33(31(2)3)17-16-32(4)37-20-21-38-36-19-18-34-30-35(22-24-41(34,5)39(36)23-25-42(37,38)6)47-40(46)45(28-14-10-8-12-26-43)29-15-11-9-13-27-44/h18,31-33,35-39H,7-17,19-30,43-44H2,1-6H3/t32?,33?,35-,36-,37+,38-,39-,41-,42+/m0/s1. The lowest BCUT2D eigenvalue weighted by Crippen LogP contribution is -2.51. The molecule has 9 atom stereocenters. The predicted octanol–water partition coefficient (Wildman–Crippen LogP) is 10.5. The molecule has 5 heteroatoms. The molecule has 4 N–H and O–H groups in total.